The number of fused-ring (bicyclic) bond motifs is 1. The Kier molecular flexibility index (Phi) is 6.11. The normalized spacial score (nSPS) is 16.5. The van der Waals surface area contributed by atoms with Crippen LogP contribution in [0.4, 0.5) is 0 Å². The number of benzene rings is 2. The number of halogens is 1. The van der Waals surface area contributed by atoms with E-state index in [9.17, 15) is 4.79 Å². The molecular weight excluding hydrogens is 444 g/mol. The Labute approximate surface area is 196 Å². The molecule has 2 aromatic carbocycles. The number of nitrogens with zero attached hydrogens (tertiary/aromatic N) is 4. The zero-order valence-corrected chi connectivity index (χ0v) is 19.5. The first-order chi connectivity index (χ1) is 15.6. The third kappa shape index (κ3) is 4.50. The summed E-state index contributed by atoms with van der Waals surface area (Å²) in [5.41, 5.74) is 2.58. The van der Waals surface area contributed by atoms with Gasteiger partial charge in [-0.15, -0.1) is 10.2 Å². The van der Waals surface area contributed by atoms with E-state index in [1.54, 1.807) is 6.07 Å². The lowest BCUT2D eigenvalue weighted by Gasteiger charge is -2.30. The van der Waals surface area contributed by atoms with Crippen LogP contribution in [0.1, 0.15) is 42.8 Å². The molecular formula is C24H25ClN4O2S. The Morgan fingerprint density at radius 2 is 1.91 bits per heavy atom. The highest BCUT2D eigenvalue weighted by atomic mass is 35.5. The van der Waals surface area contributed by atoms with Gasteiger partial charge in [-0.3, -0.25) is 9.36 Å². The van der Waals surface area contributed by atoms with Crippen LogP contribution in [-0.2, 0) is 24.4 Å². The largest absolute Gasteiger partial charge is 0.484 e. The number of hydrogen-bond acceptors (Lipinski definition) is 5. The number of ether oxygens (including phenoxy) is 1. The Bertz CT molecular complexity index is 1130. The van der Waals surface area contributed by atoms with E-state index in [1.807, 2.05) is 36.1 Å². The van der Waals surface area contributed by atoms with E-state index in [4.69, 9.17) is 16.3 Å². The number of thioether (sulfide) groups is 1. The Balaban J connectivity index is 1.27. The molecule has 2 heterocycles. The maximum Gasteiger partial charge on any atom is 0.236 e. The average Bonchev–Trinajstić information content (AvgIpc) is 3.58. The highest BCUT2D eigenvalue weighted by molar-refractivity contribution is 8.00. The SMILES string of the molecule is CC(Sc1nnc(COc2ccccc2Cl)n1C1CC1)C(=O)N1CCc2ccccc2C1. The van der Waals surface area contributed by atoms with Crippen molar-refractivity contribution in [1.29, 1.82) is 0 Å². The minimum Gasteiger partial charge on any atom is -0.484 e. The number of para-hydroxylation sites is 1. The molecule has 6 nitrogen and oxygen atoms in total. The third-order valence-electron chi connectivity index (χ3n) is 5.91. The van der Waals surface area contributed by atoms with E-state index < -0.39 is 0 Å². The van der Waals surface area contributed by atoms with Gasteiger partial charge in [0.1, 0.15) is 12.4 Å². The molecule has 0 spiro atoms. The van der Waals surface area contributed by atoms with Crippen LogP contribution in [0.3, 0.4) is 0 Å². The quantitative estimate of drug-likeness (QED) is 0.461. The predicted molar refractivity (Wildman–Crippen MR) is 125 cm³/mol. The molecule has 1 unspecified atom stereocenters. The van der Waals surface area contributed by atoms with Crippen molar-refractivity contribution in [2.75, 3.05) is 6.54 Å². The minimum atomic E-state index is -0.237. The molecule has 0 bridgehead atoms. The minimum absolute atomic E-state index is 0.142. The molecule has 1 aliphatic heterocycles. The lowest BCUT2D eigenvalue weighted by atomic mass is 10.00. The molecule has 1 saturated carbocycles. The fourth-order valence-corrected chi connectivity index (χ4v) is 5.25. The van der Waals surface area contributed by atoms with Crippen LogP contribution in [-0.4, -0.2) is 37.4 Å². The molecule has 8 heteroatoms. The number of hydrogen-bond donors (Lipinski definition) is 0. The first kappa shape index (κ1) is 21.3. The van der Waals surface area contributed by atoms with E-state index in [1.165, 1.54) is 22.9 Å². The zero-order chi connectivity index (χ0) is 22.1. The molecule has 0 radical (unpaired) electrons. The molecule has 2 aliphatic rings. The van der Waals surface area contributed by atoms with Crippen molar-refractivity contribution in [2.24, 2.45) is 0 Å². The van der Waals surface area contributed by atoms with Gasteiger partial charge in [-0.25, -0.2) is 0 Å². The van der Waals surface area contributed by atoms with Gasteiger partial charge in [0.25, 0.3) is 0 Å². The van der Waals surface area contributed by atoms with Crippen LogP contribution < -0.4 is 4.74 Å². The van der Waals surface area contributed by atoms with Gasteiger partial charge in [0.15, 0.2) is 11.0 Å². The summed E-state index contributed by atoms with van der Waals surface area (Å²) in [7, 11) is 0. The van der Waals surface area contributed by atoms with E-state index >= 15 is 0 Å². The lowest BCUT2D eigenvalue weighted by molar-refractivity contribution is -0.131. The van der Waals surface area contributed by atoms with E-state index in [0.29, 0.717) is 30.0 Å². The first-order valence-electron chi connectivity index (χ1n) is 10.9. The average molecular weight is 469 g/mol. The second-order valence-corrected chi connectivity index (χ2v) is 9.97. The Hall–Kier alpha value is -2.51. The summed E-state index contributed by atoms with van der Waals surface area (Å²) < 4.78 is 8.03. The molecule has 1 fully saturated rings. The Morgan fingerprint density at radius 3 is 2.69 bits per heavy atom. The number of aromatic nitrogens is 3. The molecule has 1 atom stereocenters. The Morgan fingerprint density at radius 1 is 1.16 bits per heavy atom. The van der Waals surface area contributed by atoms with Gasteiger partial charge >= 0.3 is 0 Å². The fourth-order valence-electron chi connectivity index (χ4n) is 4.04. The van der Waals surface area contributed by atoms with Crippen LogP contribution in [0.2, 0.25) is 5.02 Å². The third-order valence-corrected chi connectivity index (χ3v) is 7.27. The van der Waals surface area contributed by atoms with Crippen molar-refractivity contribution in [2.45, 2.75) is 55.8 Å². The smallest absolute Gasteiger partial charge is 0.236 e. The lowest BCUT2D eigenvalue weighted by Crippen LogP contribution is -2.40. The molecule has 0 saturated heterocycles. The maximum absolute atomic E-state index is 13.2. The number of amides is 1. The maximum atomic E-state index is 13.2. The number of rotatable bonds is 7. The molecule has 0 N–H and O–H groups in total. The van der Waals surface area contributed by atoms with Crippen molar-refractivity contribution in [3.05, 3.63) is 70.5 Å². The second-order valence-electron chi connectivity index (χ2n) is 8.26. The molecule has 166 valence electrons. The van der Waals surface area contributed by atoms with Gasteiger partial charge in [-0.2, -0.15) is 0 Å². The zero-order valence-electron chi connectivity index (χ0n) is 17.9. The van der Waals surface area contributed by atoms with Crippen LogP contribution >= 0.6 is 23.4 Å². The molecule has 1 aromatic heterocycles. The van der Waals surface area contributed by atoms with Gasteiger partial charge in [0.05, 0.1) is 10.3 Å². The summed E-state index contributed by atoms with van der Waals surface area (Å²) in [6, 6.07) is 16.1. The molecule has 1 amide bonds. The van der Waals surface area contributed by atoms with Gasteiger partial charge < -0.3 is 9.64 Å². The van der Waals surface area contributed by atoms with Crippen LogP contribution in [0.5, 0.6) is 5.75 Å². The van der Waals surface area contributed by atoms with Gasteiger partial charge in [-0.05, 0) is 49.4 Å². The molecule has 3 aromatic rings. The van der Waals surface area contributed by atoms with Crippen molar-refractivity contribution < 1.29 is 9.53 Å². The summed E-state index contributed by atoms with van der Waals surface area (Å²) >= 11 is 7.69. The summed E-state index contributed by atoms with van der Waals surface area (Å²) in [4.78, 5) is 15.1. The summed E-state index contributed by atoms with van der Waals surface area (Å²) in [6.07, 6.45) is 3.09. The van der Waals surface area contributed by atoms with Gasteiger partial charge in [0.2, 0.25) is 5.91 Å². The van der Waals surface area contributed by atoms with E-state index in [0.717, 1.165) is 36.8 Å². The monoisotopic (exact) mass is 468 g/mol. The summed E-state index contributed by atoms with van der Waals surface area (Å²) in [5, 5.41) is 9.90. The topological polar surface area (TPSA) is 60.3 Å². The second kappa shape index (κ2) is 9.16. The van der Waals surface area contributed by atoms with Crippen LogP contribution in [0.25, 0.3) is 0 Å². The van der Waals surface area contributed by atoms with Crippen molar-refractivity contribution in [3.8, 4) is 5.75 Å². The standard InChI is InChI=1S/C24H25ClN4O2S/c1-16(23(30)28-13-12-17-6-2-3-7-18(17)14-28)32-24-27-26-22(29(24)19-10-11-19)15-31-21-9-5-4-8-20(21)25/h2-9,16,19H,10-15H2,1H3. The number of carbonyl (C=O) groups excluding carboxylic acids is 1. The van der Waals surface area contributed by atoms with Crippen molar-refractivity contribution in [1.82, 2.24) is 19.7 Å². The fraction of sp³-hybridized carbons (Fsp3) is 0.375. The van der Waals surface area contributed by atoms with E-state index in [-0.39, 0.29) is 11.2 Å². The van der Waals surface area contributed by atoms with E-state index in [2.05, 4.69) is 33.0 Å². The number of carbonyl (C=O) groups is 1. The highest BCUT2D eigenvalue weighted by Crippen LogP contribution is 2.40. The summed E-state index contributed by atoms with van der Waals surface area (Å²) in [5.74, 6) is 1.54. The van der Waals surface area contributed by atoms with Crippen molar-refractivity contribution >= 4 is 29.3 Å². The highest BCUT2D eigenvalue weighted by Gasteiger charge is 2.32. The molecule has 5 rings (SSSR count). The van der Waals surface area contributed by atoms with Gasteiger partial charge in [-0.1, -0.05) is 59.8 Å². The summed E-state index contributed by atoms with van der Waals surface area (Å²) in [6.45, 7) is 3.68. The van der Waals surface area contributed by atoms with Crippen molar-refractivity contribution in [3.63, 3.8) is 0 Å². The van der Waals surface area contributed by atoms with Gasteiger partial charge in [0, 0.05) is 19.1 Å². The molecule has 32 heavy (non-hydrogen) atoms. The van der Waals surface area contributed by atoms with Crippen LogP contribution in [0.15, 0.2) is 53.7 Å². The van der Waals surface area contributed by atoms with Crippen LogP contribution in [0, 0.1) is 0 Å². The molecule has 1 aliphatic carbocycles. The predicted octanol–water partition coefficient (Wildman–Crippen LogP) is 4.91. The first-order valence-corrected chi connectivity index (χ1v) is 12.2.